The third-order valence-corrected chi connectivity index (χ3v) is 3.50. The Labute approximate surface area is 121 Å². The second-order valence-electron chi connectivity index (χ2n) is 4.04. The van der Waals surface area contributed by atoms with Crippen molar-refractivity contribution in [1.82, 2.24) is 5.32 Å². The van der Waals surface area contributed by atoms with E-state index in [-0.39, 0.29) is 24.2 Å². The number of hydrogen-bond donors (Lipinski definition) is 2. The van der Waals surface area contributed by atoms with Gasteiger partial charge >= 0.3 is 0 Å². The lowest BCUT2D eigenvalue weighted by Crippen LogP contribution is -2.37. The predicted octanol–water partition coefficient (Wildman–Crippen LogP) is 2.65. The van der Waals surface area contributed by atoms with Crippen molar-refractivity contribution in [2.45, 2.75) is 12.8 Å². The number of benzene rings is 1. The fourth-order valence-electron chi connectivity index (χ4n) is 1.85. The molecule has 1 aromatic carbocycles. The number of carbonyl (C=O) groups is 1. The molecule has 1 amide bonds. The van der Waals surface area contributed by atoms with Crippen LogP contribution in [0.25, 0.3) is 0 Å². The molecule has 1 heterocycles. The van der Waals surface area contributed by atoms with Crippen LogP contribution in [0, 0.1) is 9.49 Å². The molecular weight excluding hydrogens is 351 g/mol. The standard InChI is InChI=1S/C12H15IN2O.ClH/c13-10-3-5-11(6-4-10)15-12(16)9-2-1-7-14-8-9;/h3-6,9,14H,1-2,7-8H2,(H,15,16);1H/t9-;/m1./s1. The first-order valence-electron chi connectivity index (χ1n) is 5.53. The van der Waals surface area contributed by atoms with Crippen molar-refractivity contribution in [3.8, 4) is 0 Å². The van der Waals surface area contributed by atoms with Gasteiger partial charge in [-0.05, 0) is 66.2 Å². The second kappa shape index (κ2) is 7.18. The third-order valence-electron chi connectivity index (χ3n) is 2.78. The van der Waals surface area contributed by atoms with E-state index in [1.54, 1.807) is 0 Å². The minimum absolute atomic E-state index is 0. The van der Waals surface area contributed by atoms with Crippen LogP contribution in [-0.4, -0.2) is 19.0 Å². The maximum absolute atomic E-state index is 11.9. The van der Waals surface area contributed by atoms with E-state index in [4.69, 9.17) is 0 Å². The van der Waals surface area contributed by atoms with E-state index in [1.165, 1.54) is 3.57 Å². The van der Waals surface area contributed by atoms with Crippen molar-refractivity contribution in [3.05, 3.63) is 27.8 Å². The van der Waals surface area contributed by atoms with Gasteiger partial charge in [-0.1, -0.05) is 0 Å². The zero-order chi connectivity index (χ0) is 11.4. The number of carbonyl (C=O) groups excluding carboxylic acids is 1. The molecule has 2 N–H and O–H groups in total. The molecular formula is C12H16ClIN2O. The maximum atomic E-state index is 11.9. The fourth-order valence-corrected chi connectivity index (χ4v) is 2.21. The quantitative estimate of drug-likeness (QED) is 0.790. The normalized spacial score (nSPS) is 19.2. The summed E-state index contributed by atoms with van der Waals surface area (Å²) in [6.45, 7) is 1.84. The number of amides is 1. The largest absolute Gasteiger partial charge is 0.326 e. The Bertz CT molecular complexity index is 363. The first kappa shape index (κ1) is 14.7. The molecule has 0 bridgehead atoms. The van der Waals surface area contributed by atoms with Gasteiger partial charge < -0.3 is 10.6 Å². The molecule has 0 spiro atoms. The Balaban J connectivity index is 0.00000144. The van der Waals surface area contributed by atoms with Crippen LogP contribution >= 0.6 is 35.0 Å². The van der Waals surface area contributed by atoms with Crippen molar-refractivity contribution in [3.63, 3.8) is 0 Å². The van der Waals surface area contributed by atoms with Crippen LogP contribution in [0.4, 0.5) is 5.69 Å². The third kappa shape index (κ3) is 4.44. The van der Waals surface area contributed by atoms with E-state index in [9.17, 15) is 4.79 Å². The van der Waals surface area contributed by atoms with Crippen molar-refractivity contribution in [1.29, 1.82) is 0 Å². The van der Waals surface area contributed by atoms with E-state index in [1.807, 2.05) is 24.3 Å². The van der Waals surface area contributed by atoms with Gasteiger partial charge in [-0.2, -0.15) is 0 Å². The first-order valence-corrected chi connectivity index (χ1v) is 6.61. The molecule has 1 fully saturated rings. The Kier molecular flexibility index (Phi) is 6.22. The summed E-state index contributed by atoms with van der Waals surface area (Å²) in [6.07, 6.45) is 2.08. The summed E-state index contributed by atoms with van der Waals surface area (Å²) in [5.74, 6) is 0.251. The van der Waals surface area contributed by atoms with Gasteiger partial charge in [0.15, 0.2) is 0 Å². The Morgan fingerprint density at radius 1 is 1.35 bits per heavy atom. The predicted molar refractivity (Wildman–Crippen MR) is 80.6 cm³/mol. The highest BCUT2D eigenvalue weighted by Gasteiger charge is 2.20. The van der Waals surface area contributed by atoms with Crippen molar-refractivity contribution >= 4 is 46.6 Å². The first-order chi connectivity index (χ1) is 7.75. The molecule has 0 aliphatic carbocycles. The van der Waals surface area contributed by atoms with Gasteiger partial charge in [-0.3, -0.25) is 4.79 Å². The van der Waals surface area contributed by atoms with Crippen LogP contribution in [0.3, 0.4) is 0 Å². The molecule has 17 heavy (non-hydrogen) atoms. The molecule has 2 rings (SSSR count). The van der Waals surface area contributed by atoms with Crippen molar-refractivity contribution < 1.29 is 4.79 Å². The fraction of sp³-hybridized carbons (Fsp3) is 0.417. The summed E-state index contributed by atoms with van der Waals surface area (Å²) < 4.78 is 1.18. The average Bonchev–Trinajstić information content (AvgIpc) is 2.33. The molecule has 1 atom stereocenters. The van der Waals surface area contributed by atoms with E-state index in [0.29, 0.717) is 0 Å². The number of halogens is 2. The summed E-state index contributed by atoms with van der Waals surface area (Å²) in [4.78, 5) is 11.9. The number of nitrogens with one attached hydrogen (secondary N) is 2. The highest BCUT2D eigenvalue weighted by molar-refractivity contribution is 14.1. The van der Waals surface area contributed by atoms with Gasteiger partial charge in [0.2, 0.25) is 5.91 Å². The van der Waals surface area contributed by atoms with Crippen molar-refractivity contribution in [2.24, 2.45) is 5.92 Å². The highest BCUT2D eigenvalue weighted by Crippen LogP contribution is 2.15. The van der Waals surface area contributed by atoms with Gasteiger partial charge in [-0.15, -0.1) is 12.4 Å². The van der Waals surface area contributed by atoms with Crippen LogP contribution in [0.2, 0.25) is 0 Å². The van der Waals surface area contributed by atoms with Gasteiger partial charge in [0, 0.05) is 15.8 Å². The highest BCUT2D eigenvalue weighted by atomic mass is 127. The molecule has 0 unspecified atom stereocenters. The molecule has 1 aliphatic rings. The Morgan fingerprint density at radius 3 is 2.65 bits per heavy atom. The zero-order valence-corrected chi connectivity index (χ0v) is 12.4. The molecule has 0 saturated carbocycles. The van der Waals surface area contributed by atoms with E-state index < -0.39 is 0 Å². The van der Waals surface area contributed by atoms with Crippen LogP contribution < -0.4 is 10.6 Å². The van der Waals surface area contributed by atoms with Crippen molar-refractivity contribution in [2.75, 3.05) is 18.4 Å². The number of piperidine rings is 1. The van der Waals surface area contributed by atoms with Gasteiger partial charge in [0.25, 0.3) is 0 Å². The SMILES string of the molecule is Cl.O=C(Nc1ccc(I)cc1)[C@@H]1CCCNC1. The summed E-state index contributed by atoms with van der Waals surface area (Å²) in [5.41, 5.74) is 0.885. The minimum Gasteiger partial charge on any atom is -0.326 e. The smallest absolute Gasteiger partial charge is 0.228 e. The topological polar surface area (TPSA) is 41.1 Å². The average molecular weight is 367 g/mol. The molecule has 3 nitrogen and oxygen atoms in total. The van der Waals surface area contributed by atoms with Crippen LogP contribution in [0.1, 0.15) is 12.8 Å². The summed E-state index contributed by atoms with van der Waals surface area (Å²) >= 11 is 2.25. The van der Waals surface area contributed by atoms with Crippen LogP contribution in [0.15, 0.2) is 24.3 Å². The summed E-state index contributed by atoms with van der Waals surface area (Å²) in [5, 5.41) is 6.21. The molecule has 1 saturated heterocycles. The maximum Gasteiger partial charge on any atom is 0.228 e. The lowest BCUT2D eigenvalue weighted by molar-refractivity contribution is -0.120. The Morgan fingerprint density at radius 2 is 2.06 bits per heavy atom. The zero-order valence-electron chi connectivity index (χ0n) is 9.41. The van der Waals surface area contributed by atoms with Crippen LogP contribution in [-0.2, 0) is 4.79 Å². The van der Waals surface area contributed by atoms with Crippen LogP contribution in [0.5, 0.6) is 0 Å². The molecule has 94 valence electrons. The van der Waals surface area contributed by atoms with E-state index in [0.717, 1.165) is 31.6 Å². The number of rotatable bonds is 2. The molecule has 1 aliphatic heterocycles. The second-order valence-corrected chi connectivity index (χ2v) is 5.29. The van der Waals surface area contributed by atoms with E-state index in [2.05, 4.69) is 33.2 Å². The number of hydrogen-bond acceptors (Lipinski definition) is 2. The molecule has 5 heteroatoms. The van der Waals surface area contributed by atoms with Gasteiger partial charge in [0.1, 0.15) is 0 Å². The monoisotopic (exact) mass is 366 g/mol. The summed E-state index contributed by atoms with van der Waals surface area (Å²) in [6, 6.07) is 7.87. The minimum atomic E-state index is 0. The molecule has 0 radical (unpaired) electrons. The molecule has 1 aromatic rings. The summed E-state index contributed by atoms with van der Waals surface area (Å²) in [7, 11) is 0. The van der Waals surface area contributed by atoms with E-state index >= 15 is 0 Å². The Hall–Kier alpha value is -0.330. The number of anilines is 1. The molecule has 0 aromatic heterocycles. The van der Waals surface area contributed by atoms with Gasteiger partial charge in [0.05, 0.1) is 5.92 Å². The van der Waals surface area contributed by atoms with Gasteiger partial charge in [-0.25, -0.2) is 0 Å². The lowest BCUT2D eigenvalue weighted by atomic mass is 9.99. The lowest BCUT2D eigenvalue weighted by Gasteiger charge is -2.21.